The number of nitrogen functional groups attached to an aromatic ring is 1. The fraction of sp³-hybridized carbons (Fsp3) is 0.250. The first kappa shape index (κ1) is 18.4. The highest BCUT2D eigenvalue weighted by atomic mass is 35.5. The number of anilines is 1. The smallest absolute Gasteiger partial charge is 0.257 e. The van der Waals surface area contributed by atoms with Gasteiger partial charge in [0.05, 0.1) is 17.8 Å². The third kappa shape index (κ3) is 3.55. The topological polar surface area (TPSA) is 92.8 Å². The molecule has 0 bridgehead atoms. The predicted molar refractivity (Wildman–Crippen MR) is 115 cm³/mol. The molecule has 7 nitrogen and oxygen atoms in total. The summed E-state index contributed by atoms with van der Waals surface area (Å²) in [6.45, 7) is 2.91. The maximum absolute atomic E-state index is 12.3. The van der Waals surface area contributed by atoms with E-state index in [1.807, 2.05) is 6.20 Å². The summed E-state index contributed by atoms with van der Waals surface area (Å²) in [5.41, 5.74) is 9.48. The zero-order chi connectivity index (χ0) is 20.0. The molecule has 0 aliphatic carbocycles. The SMILES string of the molecule is Nc1nc2c(c(=O)[nH]1)CN(Cc1cn(Cc3cnc(Cl)s3)c3ccccc13)CC2. The Morgan fingerprint density at radius 1 is 1.28 bits per heavy atom. The first-order valence-electron chi connectivity index (χ1n) is 9.33. The number of fused-ring (bicyclic) bond motifs is 2. The molecule has 3 aromatic heterocycles. The number of H-pyrrole nitrogens is 1. The van der Waals surface area contributed by atoms with Gasteiger partial charge in [-0.25, -0.2) is 9.97 Å². The van der Waals surface area contributed by atoms with E-state index in [0.29, 0.717) is 16.6 Å². The minimum atomic E-state index is -0.137. The lowest BCUT2D eigenvalue weighted by Gasteiger charge is -2.27. The summed E-state index contributed by atoms with van der Waals surface area (Å²) in [6, 6.07) is 8.38. The molecule has 0 spiro atoms. The number of nitrogens with one attached hydrogen (secondary N) is 1. The van der Waals surface area contributed by atoms with Gasteiger partial charge >= 0.3 is 0 Å². The van der Waals surface area contributed by atoms with Crippen molar-refractivity contribution in [3.05, 3.63) is 73.2 Å². The standard InChI is InChI=1S/C20H19ClN6OS/c21-19-23-7-13(29-19)10-27-9-12(14-3-1-2-4-17(14)27)8-26-6-5-16-15(11-26)18(28)25-20(22)24-16/h1-4,7,9H,5-6,8,10-11H2,(H3,22,24,25,28). The molecule has 4 aromatic rings. The van der Waals surface area contributed by atoms with Crippen LogP contribution in [0.2, 0.25) is 4.47 Å². The highest BCUT2D eigenvalue weighted by Gasteiger charge is 2.22. The highest BCUT2D eigenvalue weighted by Crippen LogP contribution is 2.27. The van der Waals surface area contributed by atoms with Crippen molar-refractivity contribution in [1.82, 2.24) is 24.4 Å². The number of hydrogen-bond acceptors (Lipinski definition) is 6. The number of hydrogen-bond donors (Lipinski definition) is 2. The van der Waals surface area contributed by atoms with Crippen molar-refractivity contribution in [3.63, 3.8) is 0 Å². The summed E-state index contributed by atoms with van der Waals surface area (Å²) in [5, 5.41) is 1.22. The van der Waals surface area contributed by atoms with Gasteiger partial charge in [-0.2, -0.15) is 0 Å². The van der Waals surface area contributed by atoms with Crippen LogP contribution in [0.25, 0.3) is 10.9 Å². The molecule has 9 heteroatoms. The summed E-state index contributed by atoms with van der Waals surface area (Å²) < 4.78 is 2.80. The molecule has 0 saturated carbocycles. The van der Waals surface area contributed by atoms with E-state index < -0.39 is 0 Å². The first-order valence-corrected chi connectivity index (χ1v) is 10.5. The number of rotatable bonds is 4. The second-order valence-electron chi connectivity index (χ2n) is 7.22. The molecule has 148 valence electrons. The number of para-hydroxylation sites is 1. The zero-order valence-electron chi connectivity index (χ0n) is 15.6. The summed E-state index contributed by atoms with van der Waals surface area (Å²) in [6.07, 6.45) is 4.74. The number of aromatic nitrogens is 4. The highest BCUT2D eigenvalue weighted by molar-refractivity contribution is 7.15. The van der Waals surface area contributed by atoms with Crippen LogP contribution in [-0.2, 0) is 26.1 Å². The number of aromatic amines is 1. The molecule has 0 radical (unpaired) electrons. The van der Waals surface area contributed by atoms with E-state index >= 15 is 0 Å². The van der Waals surface area contributed by atoms with Gasteiger partial charge in [0.25, 0.3) is 5.56 Å². The van der Waals surface area contributed by atoms with Gasteiger partial charge in [0.15, 0.2) is 4.47 Å². The number of nitrogens with zero attached hydrogens (tertiary/aromatic N) is 4. The molecule has 1 aliphatic heterocycles. The van der Waals surface area contributed by atoms with Gasteiger partial charge in [-0.15, -0.1) is 11.3 Å². The van der Waals surface area contributed by atoms with Crippen molar-refractivity contribution in [2.75, 3.05) is 12.3 Å². The van der Waals surface area contributed by atoms with Crippen LogP contribution in [-0.4, -0.2) is 31.0 Å². The molecule has 0 unspecified atom stereocenters. The predicted octanol–water partition coefficient (Wildman–Crippen LogP) is 3.02. The lowest BCUT2D eigenvalue weighted by molar-refractivity contribution is 0.242. The van der Waals surface area contributed by atoms with Crippen LogP contribution in [0.4, 0.5) is 5.95 Å². The van der Waals surface area contributed by atoms with Crippen LogP contribution in [0.5, 0.6) is 0 Å². The number of benzene rings is 1. The summed E-state index contributed by atoms with van der Waals surface area (Å²) in [7, 11) is 0. The Morgan fingerprint density at radius 2 is 2.14 bits per heavy atom. The second-order valence-corrected chi connectivity index (χ2v) is 8.91. The molecule has 1 aliphatic rings. The van der Waals surface area contributed by atoms with Crippen molar-refractivity contribution in [2.24, 2.45) is 0 Å². The summed E-state index contributed by atoms with van der Waals surface area (Å²) in [4.78, 5) is 26.7. The van der Waals surface area contributed by atoms with Gasteiger partial charge in [0.1, 0.15) is 0 Å². The molecule has 3 N–H and O–H groups in total. The summed E-state index contributed by atoms with van der Waals surface area (Å²) >= 11 is 7.49. The van der Waals surface area contributed by atoms with Crippen LogP contribution in [0.15, 0.2) is 41.5 Å². The van der Waals surface area contributed by atoms with Crippen molar-refractivity contribution >= 4 is 39.8 Å². The third-order valence-electron chi connectivity index (χ3n) is 5.28. The van der Waals surface area contributed by atoms with E-state index in [9.17, 15) is 4.79 Å². The van der Waals surface area contributed by atoms with Crippen LogP contribution >= 0.6 is 22.9 Å². The molecule has 4 heterocycles. The molecule has 0 fully saturated rings. The quantitative estimate of drug-likeness (QED) is 0.523. The molecular formula is C20H19ClN6OS. The van der Waals surface area contributed by atoms with Gasteiger partial charge in [0, 0.05) is 54.2 Å². The van der Waals surface area contributed by atoms with Gasteiger partial charge in [-0.1, -0.05) is 29.8 Å². The van der Waals surface area contributed by atoms with Crippen molar-refractivity contribution in [1.29, 1.82) is 0 Å². The number of halogens is 1. The van der Waals surface area contributed by atoms with E-state index in [0.717, 1.165) is 36.6 Å². The fourth-order valence-electron chi connectivity index (χ4n) is 3.98. The lowest BCUT2D eigenvalue weighted by Crippen LogP contribution is -2.35. The number of nitrogens with two attached hydrogens (primary N) is 1. The average molecular weight is 427 g/mol. The average Bonchev–Trinajstić information content (AvgIpc) is 3.26. The molecule has 0 atom stereocenters. The second kappa shape index (κ2) is 7.29. The van der Waals surface area contributed by atoms with E-state index in [4.69, 9.17) is 17.3 Å². The largest absolute Gasteiger partial charge is 0.369 e. The Labute approximate surface area is 175 Å². The van der Waals surface area contributed by atoms with Gasteiger partial charge in [0.2, 0.25) is 5.95 Å². The van der Waals surface area contributed by atoms with Crippen LogP contribution in [0.3, 0.4) is 0 Å². The monoisotopic (exact) mass is 426 g/mol. The van der Waals surface area contributed by atoms with Gasteiger partial charge in [-0.05, 0) is 11.6 Å². The van der Waals surface area contributed by atoms with Gasteiger partial charge < -0.3 is 10.3 Å². The maximum Gasteiger partial charge on any atom is 0.257 e. The number of thiazole rings is 1. The van der Waals surface area contributed by atoms with Crippen molar-refractivity contribution in [3.8, 4) is 0 Å². The molecule has 0 amide bonds. The molecule has 5 rings (SSSR count). The molecule has 29 heavy (non-hydrogen) atoms. The Hall–Kier alpha value is -2.68. The Bertz CT molecular complexity index is 1260. The zero-order valence-corrected chi connectivity index (χ0v) is 17.1. The van der Waals surface area contributed by atoms with Crippen LogP contribution in [0.1, 0.15) is 21.7 Å². The third-order valence-corrected chi connectivity index (χ3v) is 6.38. The molecule has 0 saturated heterocycles. The minimum Gasteiger partial charge on any atom is -0.369 e. The fourth-order valence-corrected chi connectivity index (χ4v) is 4.96. The van der Waals surface area contributed by atoms with E-state index in [1.165, 1.54) is 27.8 Å². The van der Waals surface area contributed by atoms with Crippen molar-refractivity contribution in [2.45, 2.75) is 26.1 Å². The Morgan fingerprint density at radius 3 is 2.97 bits per heavy atom. The van der Waals surface area contributed by atoms with Crippen molar-refractivity contribution < 1.29 is 0 Å². The first-order chi connectivity index (χ1) is 14.1. The lowest BCUT2D eigenvalue weighted by atomic mass is 10.1. The molecular weight excluding hydrogens is 408 g/mol. The minimum absolute atomic E-state index is 0.137. The normalized spacial score (nSPS) is 14.4. The Kier molecular flexibility index (Phi) is 4.61. The van der Waals surface area contributed by atoms with Crippen LogP contribution < -0.4 is 11.3 Å². The van der Waals surface area contributed by atoms with E-state index in [1.54, 1.807) is 0 Å². The Balaban J connectivity index is 1.44. The van der Waals surface area contributed by atoms with Crippen LogP contribution in [0, 0.1) is 0 Å². The maximum atomic E-state index is 12.3. The van der Waals surface area contributed by atoms with E-state index in [2.05, 4.69) is 54.9 Å². The molecule has 1 aromatic carbocycles. The van der Waals surface area contributed by atoms with E-state index in [-0.39, 0.29) is 11.5 Å². The van der Waals surface area contributed by atoms with Gasteiger partial charge in [-0.3, -0.25) is 14.7 Å². The summed E-state index contributed by atoms with van der Waals surface area (Å²) in [5.74, 6) is 0.188.